The molecule has 5 fully saturated rings. The van der Waals surface area contributed by atoms with Gasteiger partial charge < -0.3 is 0 Å². The molecule has 0 amide bonds. The molecule has 29 heavy (non-hydrogen) atoms. The van der Waals surface area contributed by atoms with Gasteiger partial charge in [0.1, 0.15) is 7.28 Å². The Hall–Kier alpha value is 0.0649. The molecule has 163 valence electrons. The minimum absolute atomic E-state index is 1.01. The van der Waals surface area contributed by atoms with Crippen molar-refractivity contribution in [3.8, 4) is 0 Å². The Labute approximate surface area is 183 Å². The highest BCUT2D eigenvalue weighted by atomic mass is 14.4. The lowest BCUT2D eigenvalue weighted by Gasteiger charge is -2.38. The van der Waals surface area contributed by atoms with E-state index in [9.17, 15) is 0 Å². The van der Waals surface area contributed by atoms with Gasteiger partial charge in [-0.1, -0.05) is 121 Å². The third kappa shape index (κ3) is 5.11. The van der Waals surface area contributed by atoms with Gasteiger partial charge in [-0.25, -0.2) is 0 Å². The molecule has 0 spiro atoms. The zero-order chi connectivity index (χ0) is 19.5. The van der Waals surface area contributed by atoms with Gasteiger partial charge in [0.05, 0.1) is 0 Å². The molecule has 1 heteroatoms. The fraction of sp³-hybridized carbons (Fsp3) is 1.00. The van der Waals surface area contributed by atoms with Crippen molar-refractivity contribution in [3.05, 3.63) is 0 Å². The fourth-order valence-electron chi connectivity index (χ4n) is 9.08. The summed E-state index contributed by atoms with van der Waals surface area (Å²) >= 11 is 0. The molecule has 0 aromatic rings. The highest BCUT2D eigenvalue weighted by molar-refractivity contribution is 6.39. The van der Waals surface area contributed by atoms with E-state index in [1.54, 1.807) is 96.3 Å². The third-order valence-electron chi connectivity index (χ3n) is 10.8. The van der Waals surface area contributed by atoms with Crippen molar-refractivity contribution in [2.45, 2.75) is 134 Å². The molecule has 1 aliphatic heterocycles. The van der Waals surface area contributed by atoms with E-state index in [-0.39, 0.29) is 0 Å². The summed E-state index contributed by atoms with van der Waals surface area (Å²) in [6.07, 6.45) is 31.2. The number of hydrogen-bond acceptors (Lipinski definition) is 0. The molecular formula is C28H48B. The lowest BCUT2D eigenvalue weighted by molar-refractivity contribution is 0.153. The van der Waals surface area contributed by atoms with E-state index in [0.29, 0.717) is 0 Å². The van der Waals surface area contributed by atoms with Crippen molar-refractivity contribution in [2.24, 2.45) is 41.4 Å². The molecule has 0 aromatic carbocycles. The van der Waals surface area contributed by atoms with Gasteiger partial charge in [0.15, 0.2) is 0 Å². The molecule has 4 saturated carbocycles. The molecule has 1 radical (unpaired) electrons. The first kappa shape index (κ1) is 20.9. The van der Waals surface area contributed by atoms with Crippen LogP contribution in [0.25, 0.3) is 0 Å². The summed E-state index contributed by atoms with van der Waals surface area (Å²) in [4.78, 5) is 0. The Bertz CT molecular complexity index is 471. The number of hydrogen-bond donors (Lipinski definition) is 0. The Morgan fingerprint density at radius 2 is 0.724 bits per heavy atom. The average Bonchev–Trinajstić information content (AvgIpc) is 3.49. The predicted octanol–water partition coefficient (Wildman–Crippen LogP) is 8.69. The van der Waals surface area contributed by atoms with E-state index in [4.69, 9.17) is 0 Å². The van der Waals surface area contributed by atoms with Gasteiger partial charge in [-0.2, -0.15) is 0 Å². The average molecular weight is 396 g/mol. The van der Waals surface area contributed by atoms with Gasteiger partial charge >= 0.3 is 0 Å². The van der Waals surface area contributed by atoms with E-state index >= 15 is 0 Å². The van der Waals surface area contributed by atoms with E-state index in [1.807, 2.05) is 0 Å². The standard InChI is InChI=1S/C28H48B/c1-2-8-21(7-1)22-11-5-13-23(14-6-12-22)25-15-17-26(18-16-25)28-19-27(20-29-28)24-9-3-4-10-24/h21-28H,1-20H2. The van der Waals surface area contributed by atoms with Crippen molar-refractivity contribution in [1.29, 1.82) is 0 Å². The van der Waals surface area contributed by atoms with E-state index in [1.165, 1.54) is 32.0 Å². The molecule has 2 unspecified atom stereocenters. The van der Waals surface area contributed by atoms with Crippen LogP contribution >= 0.6 is 0 Å². The molecule has 0 bridgehead atoms. The summed E-state index contributed by atoms with van der Waals surface area (Å²) in [5, 5.41) is 0. The van der Waals surface area contributed by atoms with Gasteiger partial charge in [-0.05, 0) is 54.3 Å². The Balaban J connectivity index is 1.04. The van der Waals surface area contributed by atoms with Crippen LogP contribution in [0.4, 0.5) is 0 Å². The van der Waals surface area contributed by atoms with Crippen LogP contribution in [-0.2, 0) is 0 Å². The summed E-state index contributed by atoms with van der Waals surface area (Å²) in [6.45, 7) is 0. The van der Waals surface area contributed by atoms with Gasteiger partial charge in [0, 0.05) is 0 Å². The second-order valence-electron chi connectivity index (χ2n) is 12.3. The van der Waals surface area contributed by atoms with Crippen molar-refractivity contribution in [3.63, 3.8) is 0 Å². The van der Waals surface area contributed by atoms with Crippen LogP contribution in [0, 0.1) is 41.4 Å². The van der Waals surface area contributed by atoms with Crippen LogP contribution in [0.15, 0.2) is 0 Å². The van der Waals surface area contributed by atoms with Crippen LogP contribution in [0.2, 0.25) is 12.1 Å². The second kappa shape index (κ2) is 10.1. The molecule has 0 N–H and O–H groups in total. The number of rotatable bonds is 4. The molecule has 4 aliphatic carbocycles. The van der Waals surface area contributed by atoms with Crippen molar-refractivity contribution in [2.75, 3.05) is 0 Å². The topological polar surface area (TPSA) is 0 Å². The van der Waals surface area contributed by atoms with Gasteiger partial charge in [0.25, 0.3) is 0 Å². The van der Waals surface area contributed by atoms with Crippen LogP contribution in [-0.4, -0.2) is 7.28 Å². The van der Waals surface area contributed by atoms with Crippen LogP contribution < -0.4 is 0 Å². The van der Waals surface area contributed by atoms with E-state index in [0.717, 1.165) is 47.2 Å². The molecule has 1 saturated heterocycles. The maximum absolute atomic E-state index is 2.80. The molecule has 1 heterocycles. The highest BCUT2D eigenvalue weighted by Gasteiger charge is 2.38. The van der Waals surface area contributed by atoms with Crippen LogP contribution in [0.1, 0.15) is 122 Å². The summed E-state index contributed by atoms with van der Waals surface area (Å²) in [5.41, 5.74) is 0. The lowest BCUT2D eigenvalue weighted by Crippen LogP contribution is -2.26. The first-order valence-electron chi connectivity index (χ1n) is 14.2. The van der Waals surface area contributed by atoms with Crippen molar-refractivity contribution >= 4 is 7.28 Å². The second-order valence-corrected chi connectivity index (χ2v) is 12.3. The zero-order valence-corrected chi connectivity index (χ0v) is 19.3. The van der Waals surface area contributed by atoms with Crippen molar-refractivity contribution < 1.29 is 0 Å². The minimum atomic E-state index is 1.01. The normalized spacial score (nSPS) is 43.2. The first-order valence-corrected chi connectivity index (χ1v) is 14.2. The quantitative estimate of drug-likeness (QED) is 0.418. The smallest absolute Gasteiger partial charge is 0.0769 e. The maximum Gasteiger partial charge on any atom is 0.114 e. The zero-order valence-electron chi connectivity index (χ0n) is 19.3. The monoisotopic (exact) mass is 395 g/mol. The fourth-order valence-corrected chi connectivity index (χ4v) is 9.08. The Morgan fingerprint density at radius 1 is 0.345 bits per heavy atom. The summed E-state index contributed by atoms with van der Waals surface area (Å²) in [5.74, 6) is 8.69. The molecular weight excluding hydrogens is 347 g/mol. The Morgan fingerprint density at radius 3 is 1.24 bits per heavy atom. The maximum atomic E-state index is 2.80. The summed E-state index contributed by atoms with van der Waals surface area (Å²) in [7, 11) is 2.80. The summed E-state index contributed by atoms with van der Waals surface area (Å²) < 4.78 is 0. The molecule has 0 aromatic heterocycles. The summed E-state index contributed by atoms with van der Waals surface area (Å²) in [6, 6.07) is 0. The van der Waals surface area contributed by atoms with Crippen molar-refractivity contribution in [1.82, 2.24) is 0 Å². The third-order valence-corrected chi connectivity index (χ3v) is 10.8. The first-order chi connectivity index (χ1) is 14.4. The molecule has 2 atom stereocenters. The van der Waals surface area contributed by atoms with E-state index in [2.05, 4.69) is 7.28 Å². The van der Waals surface area contributed by atoms with E-state index < -0.39 is 0 Å². The highest BCUT2D eigenvalue weighted by Crippen LogP contribution is 2.50. The van der Waals surface area contributed by atoms with Gasteiger partial charge in [0.2, 0.25) is 0 Å². The minimum Gasteiger partial charge on any atom is -0.0769 e. The lowest BCUT2D eigenvalue weighted by atomic mass is 9.57. The predicted molar refractivity (Wildman–Crippen MR) is 126 cm³/mol. The van der Waals surface area contributed by atoms with Crippen LogP contribution in [0.3, 0.4) is 0 Å². The molecule has 5 rings (SSSR count). The molecule has 5 aliphatic rings. The van der Waals surface area contributed by atoms with Gasteiger partial charge in [-0.15, -0.1) is 0 Å². The van der Waals surface area contributed by atoms with Gasteiger partial charge in [-0.3, -0.25) is 0 Å². The largest absolute Gasteiger partial charge is 0.114 e. The SMILES string of the molecule is [B]1CC(C2CCCC2)CC1C1CCC(C2CCCC(C3CCCC3)CCC2)CC1. The molecule has 0 nitrogen and oxygen atoms in total. The van der Waals surface area contributed by atoms with Crippen LogP contribution in [0.5, 0.6) is 0 Å². The Kier molecular flexibility index (Phi) is 7.31.